The van der Waals surface area contributed by atoms with Crippen LogP contribution in [0.25, 0.3) is 10.9 Å². The number of thiazole rings is 1. The van der Waals surface area contributed by atoms with Crippen LogP contribution in [0, 0.1) is 20.8 Å². The van der Waals surface area contributed by atoms with Crippen molar-refractivity contribution in [2.24, 2.45) is 0 Å². The van der Waals surface area contributed by atoms with Gasteiger partial charge in [-0.15, -0.1) is 11.3 Å². The first-order chi connectivity index (χ1) is 11.6. The Labute approximate surface area is 146 Å². The van der Waals surface area contributed by atoms with Crippen LogP contribution in [0.5, 0.6) is 0 Å². The predicted octanol–water partition coefficient (Wildman–Crippen LogP) is 3.34. The number of nitrogens with zero attached hydrogens (tertiary/aromatic N) is 5. The largest absolute Gasteiger partial charge is 0.352 e. The third-order valence-corrected chi connectivity index (χ3v) is 5.85. The molecule has 0 atom stereocenters. The van der Waals surface area contributed by atoms with Crippen molar-refractivity contribution in [3.05, 3.63) is 40.7 Å². The van der Waals surface area contributed by atoms with Gasteiger partial charge in [0.05, 0.1) is 11.2 Å². The first kappa shape index (κ1) is 15.3. The molecule has 0 spiro atoms. The number of fused-ring (bicyclic) bond motifs is 1. The SMILES string of the molecule is Cc1nc(N2CCN(c3ncnc4c(C)cccc34)CC2)sc1C. The molecule has 124 valence electrons. The quantitative estimate of drug-likeness (QED) is 0.716. The Morgan fingerprint density at radius 1 is 0.958 bits per heavy atom. The summed E-state index contributed by atoms with van der Waals surface area (Å²) in [6, 6.07) is 6.31. The number of aromatic nitrogens is 3. The minimum Gasteiger partial charge on any atom is -0.352 e. The summed E-state index contributed by atoms with van der Waals surface area (Å²) in [5, 5.41) is 2.29. The zero-order valence-electron chi connectivity index (χ0n) is 14.3. The number of hydrogen-bond donors (Lipinski definition) is 0. The number of rotatable bonds is 2. The maximum atomic E-state index is 4.69. The molecule has 1 saturated heterocycles. The van der Waals surface area contributed by atoms with Crippen molar-refractivity contribution in [1.29, 1.82) is 0 Å². The lowest BCUT2D eigenvalue weighted by molar-refractivity contribution is 0.647. The fourth-order valence-corrected chi connectivity index (χ4v) is 4.14. The number of piperazine rings is 1. The zero-order valence-corrected chi connectivity index (χ0v) is 15.1. The van der Waals surface area contributed by atoms with E-state index in [0.29, 0.717) is 0 Å². The highest BCUT2D eigenvalue weighted by molar-refractivity contribution is 7.15. The van der Waals surface area contributed by atoms with E-state index in [0.717, 1.165) is 53.7 Å². The molecule has 4 rings (SSSR count). The third kappa shape index (κ3) is 2.60. The second-order valence-corrected chi connectivity index (χ2v) is 7.46. The molecule has 1 aromatic carbocycles. The van der Waals surface area contributed by atoms with E-state index in [1.165, 1.54) is 10.4 Å². The summed E-state index contributed by atoms with van der Waals surface area (Å²) in [5.74, 6) is 1.05. The molecule has 0 amide bonds. The molecule has 1 aliphatic heterocycles. The molecule has 0 aliphatic carbocycles. The van der Waals surface area contributed by atoms with Crippen LogP contribution in [-0.2, 0) is 0 Å². The fraction of sp³-hybridized carbons (Fsp3) is 0.389. The van der Waals surface area contributed by atoms with Gasteiger partial charge in [-0.1, -0.05) is 12.1 Å². The van der Waals surface area contributed by atoms with E-state index in [-0.39, 0.29) is 0 Å². The molecule has 1 aliphatic rings. The lowest BCUT2D eigenvalue weighted by atomic mass is 10.1. The molecule has 1 fully saturated rings. The Morgan fingerprint density at radius 3 is 2.42 bits per heavy atom. The number of para-hydroxylation sites is 1. The molecule has 0 saturated carbocycles. The number of anilines is 2. The van der Waals surface area contributed by atoms with E-state index in [4.69, 9.17) is 4.98 Å². The molecule has 5 nitrogen and oxygen atoms in total. The summed E-state index contributed by atoms with van der Waals surface area (Å²) in [7, 11) is 0. The predicted molar refractivity (Wildman–Crippen MR) is 100 cm³/mol. The van der Waals surface area contributed by atoms with Crippen LogP contribution in [0.15, 0.2) is 24.5 Å². The Kier molecular flexibility index (Phi) is 3.84. The van der Waals surface area contributed by atoms with E-state index in [1.807, 2.05) is 0 Å². The molecule has 0 N–H and O–H groups in total. The Morgan fingerprint density at radius 2 is 1.71 bits per heavy atom. The first-order valence-electron chi connectivity index (χ1n) is 8.28. The van der Waals surface area contributed by atoms with Crippen molar-refractivity contribution in [2.45, 2.75) is 20.8 Å². The van der Waals surface area contributed by atoms with Crippen LogP contribution in [-0.4, -0.2) is 41.1 Å². The Bertz CT molecular complexity index is 861. The summed E-state index contributed by atoms with van der Waals surface area (Å²) >= 11 is 1.79. The molecule has 0 radical (unpaired) electrons. The van der Waals surface area contributed by atoms with E-state index >= 15 is 0 Å². The van der Waals surface area contributed by atoms with Crippen LogP contribution < -0.4 is 9.80 Å². The van der Waals surface area contributed by atoms with Gasteiger partial charge in [0.1, 0.15) is 12.1 Å². The van der Waals surface area contributed by atoms with Gasteiger partial charge in [-0.25, -0.2) is 15.0 Å². The van der Waals surface area contributed by atoms with E-state index in [9.17, 15) is 0 Å². The number of benzene rings is 1. The number of hydrogen-bond acceptors (Lipinski definition) is 6. The van der Waals surface area contributed by atoms with Crippen LogP contribution in [0.2, 0.25) is 0 Å². The topological polar surface area (TPSA) is 45.2 Å². The van der Waals surface area contributed by atoms with Crippen molar-refractivity contribution in [3.63, 3.8) is 0 Å². The van der Waals surface area contributed by atoms with Gasteiger partial charge in [0, 0.05) is 36.4 Å². The second kappa shape index (κ2) is 6.02. The fourth-order valence-electron chi connectivity index (χ4n) is 3.17. The van der Waals surface area contributed by atoms with Crippen molar-refractivity contribution < 1.29 is 0 Å². The molecule has 0 bridgehead atoms. The molecular formula is C18H21N5S. The van der Waals surface area contributed by atoms with Crippen molar-refractivity contribution in [3.8, 4) is 0 Å². The van der Waals surface area contributed by atoms with Crippen molar-refractivity contribution in [1.82, 2.24) is 15.0 Å². The highest BCUT2D eigenvalue weighted by atomic mass is 32.1. The summed E-state index contributed by atoms with van der Waals surface area (Å²) in [5.41, 5.74) is 3.40. The molecule has 2 aromatic heterocycles. The van der Waals surface area contributed by atoms with Crippen molar-refractivity contribution in [2.75, 3.05) is 36.0 Å². The Hall–Kier alpha value is -2.21. The average Bonchev–Trinajstić information content (AvgIpc) is 2.94. The van der Waals surface area contributed by atoms with Gasteiger partial charge >= 0.3 is 0 Å². The summed E-state index contributed by atoms with van der Waals surface area (Å²) in [6.45, 7) is 10.2. The van der Waals surface area contributed by atoms with Crippen LogP contribution in [0.1, 0.15) is 16.1 Å². The van der Waals surface area contributed by atoms with Gasteiger partial charge in [-0.2, -0.15) is 0 Å². The average molecular weight is 339 g/mol. The van der Waals surface area contributed by atoms with Gasteiger partial charge in [-0.3, -0.25) is 0 Å². The van der Waals surface area contributed by atoms with Gasteiger partial charge in [0.2, 0.25) is 0 Å². The summed E-state index contributed by atoms with van der Waals surface area (Å²) < 4.78 is 0. The molecule has 3 heterocycles. The van der Waals surface area contributed by atoms with E-state index in [2.05, 4.69) is 58.7 Å². The maximum Gasteiger partial charge on any atom is 0.185 e. The number of aryl methyl sites for hydroxylation is 3. The van der Waals surface area contributed by atoms with Crippen LogP contribution in [0.3, 0.4) is 0 Å². The molecule has 0 unspecified atom stereocenters. The van der Waals surface area contributed by atoms with Crippen LogP contribution >= 0.6 is 11.3 Å². The monoisotopic (exact) mass is 339 g/mol. The highest BCUT2D eigenvalue weighted by Crippen LogP contribution is 2.29. The smallest absolute Gasteiger partial charge is 0.185 e. The van der Waals surface area contributed by atoms with Gasteiger partial charge in [-0.05, 0) is 32.4 Å². The zero-order chi connectivity index (χ0) is 16.7. The summed E-state index contributed by atoms with van der Waals surface area (Å²) in [4.78, 5) is 19.8. The Balaban J connectivity index is 1.57. The molecule has 24 heavy (non-hydrogen) atoms. The summed E-state index contributed by atoms with van der Waals surface area (Å²) in [6.07, 6.45) is 1.69. The first-order valence-corrected chi connectivity index (χ1v) is 9.09. The van der Waals surface area contributed by atoms with Gasteiger partial charge in [0.15, 0.2) is 5.13 Å². The molecular weight excluding hydrogens is 318 g/mol. The van der Waals surface area contributed by atoms with E-state index in [1.54, 1.807) is 17.7 Å². The van der Waals surface area contributed by atoms with Crippen LogP contribution in [0.4, 0.5) is 10.9 Å². The molecule has 6 heteroatoms. The van der Waals surface area contributed by atoms with E-state index < -0.39 is 0 Å². The standard InChI is InChI=1S/C18H21N5S/c1-12-5-4-6-15-16(12)19-11-20-17(15)22-7-9-23(10-8-22)18-21-13(2)14(3)24-18/h4-6,11H,7-10H2,1-3H3. The normalized spacial score (nSPS) is 15.3. The maximum absolute atomic E-state index is 4.69. The van der Waals surface area contributed by atoms with Crippen molar-refractivity contribution >= 4 is 33.2 Å². The third-order valence-electron chi connectivity index (χ3n) is 4.71. The minimum atomic E-state index is 0.956. The molecule has 3 aromatic rings. The second-order valence-electron chi connectivity index (χ2n) is 6.28. The lowest BCUT2D eigenvalue weighted by Gasteiger charge is -2.35. The van der Waals surface area contributed by atoms with Gasteiger partial charge < -0.3 is 9.80 Å². The minimum absolute atomic E-state index is 0.956. The lowest BCUT2D eigenvalue weighted by Crippen LogP contribution is -2.46. The highest BCUT2D eigenvalue weighted by Gasteiger charge is 2.22. The van der Waals surface area contributed by atoms with Gasteiger partial charge in [0.25, 0.3) is 0 Å².